The molecule has 0 aliphatic carbocycles. The van der Waals surface area contributed by atoms with Crippen LogP contribution in [0.25, 0.3) is 0 Å². The second-order valence-corrected chi connectivity index (χ2v) is 6.10. The molecule has 6 nitrogen and oxygen atoms in total. The fourth-order valence-electron chi connectivity index (χ4n) is 1.79. The summed E-state index contributed by atoms with van der Waals surface area (Å²) in [5.41, 5.74) is 6.43. The second-order valence-electron chi connectivity index (χ2n) is 4.31. The first-order chi connectivity index (χ1) is 10.6. The molecule has 0 atom stereocenters. The van der Waals surface area contributed by atoms with Gasteiger partial charge in [0, 0.05) is 28.4 Å². The zero-order valence-corrected chi connectivity index (χ0v) is 14.6. The smallest absolute Gasteiger partial charge is 0.275 e. The van der Waals surface area contributed by atoms with Gasteiger partial charge >= 0.3 is 0 Å². The summed E-state index contributed by atoms with van der Waals surface area (Å²) in [6.45, 7) is 0.510. The third-order valence-electron chi connectivity index (χ3n) is 2.86. The SMILES string of the molecule is COc1cc(Br)c(NC(=O)c2csc(CCN)n2)cc1OC. The van der Waals surface area contributed by atoms with Crippen molar-refractivity contribution < 1.29 is 14.3 Å². The Bertz CT molecular complexity index is 675. The molecular weight excluding hydrogens is 370 g/mol. The molecule has 8 heteroatoms. The maximum Gasteiger partial charge on any atom is 0.275 e. The molecule has 0 aliphatic rings. The van der Waals surface area contributed by atoms with Crippen molar-refractivity contribution in [3.8, 4) is 11.5 Å². The number of ether oxygens (including phenoxy) is 2. The first-order valence-corrected chi connectivity index (χ1v) is 8.13. The predicted molar refractivity (Wildman–Crippen MR) is 90.1 cm³/mol. The Labute approximate surface area is 140 Å². The van der Waals surface area contributed by atoms with E-state index in [9.17, 15) is 4.79 Å². The highest BCUT2D eigenvalue weighted by molar-refractivity contribution is 9.10. The maximum absolute atomic E-state index is 12.2. The van der Waals surface area contributed by atoms with Crippen LogP contribution in [0, 0.1) is 0 Å². The summed E-state index contributed by atoms with van der Waals surface area (Å²) in [5, 5.41) is 5.36. The molecule has 2 aromatic rings. The molecule has 2 rings (SSSR count). The van der Waals surface area contributed by atoms with Gasteiger partial charge in [-0.1, -0.05) is 0 Å². The number of methoxy groups -OCH3 is 2. The number of aromatic nitrogens is 1. The molecule has 1 aromatic carbocycles. The number of benzene rings is 1. The first-order valence-electron chi connectivity index (χ1n) is 6.46. The lowest BCUT2D eigenvalue weighted by Gasteiger charge is -2.12. The van der Waals surface area contributed by atoms with Gasteiger partial charge in [-0.05, 0) is 22.5 Å². The van der Waals surface area contributed by atoms with Gasteiger partial charge in [0.1, 0.15) is 5.69 Å². The molecule has 3 N–H and O–H groups in total. The van der Waals surface area contributed by atoms with Crippen molar-refractivity contribution in [2.24, 2.45) is 5.73 Å². The Balaban J connectivity index is 2.20. The molecule has 0 fully saturated rings. The van der Waals surface area contributed by atoms with E-state index in [0.29, 0.717) is 40.3 Å². The van der Waals surface area contributed by atoms with Crippen LogP contribution in [0.3, 0.4) is 0 Å². The van der Waals surface area contributed by atoms with Gasteiger partial charge in [-0.15, -0.1) is 11.3 Å². The molecule has 1 heterocycles. The molecule has 0 aliphatic heterocycles. The van der Waals surface area contributed by atoms with E-state index in [4.69, 9.17) is 15.2 Å². The lowest BCUT2D eigenvalue weighted by molar-refractivity contribution is 0.102. The lowest BCUT2D eigenvalue weighted by Crippen LogP contribution is -2.13. The number of anilines is 1. The molecule has 0 saturated carbocycles. The molecular formula is C14H16BrN3O3S. The van der Waals surface area contributed by atoms with E-state index in [0.717, 1.165) is 5.01 Å². The molecule has 118 valence electrons. The van der Waals surface area contributed by atoms with Crippen molar-refractivity contribution in [2.75, 3.05) is 26.1 Å². The van der Waals surface area contributed by atoms with Crippen LogP contribution in [0.4, 0.5) is 5.69 Å². The number of hydrogen-bond acceptors (Lipinski definition) is 6. The van der Waals surface area contributed by atoms with Crippen LogP contribution < -0.4 is 20.5 Å². The van der Waals surface area contributed by atoms with Gasteiger partial charge in [-0.3, -0.25) is 4.79 Å². The van der Waals surface area contributed by atoms with Crippen molar-refractivity contribution >= 4 is 38.9 Å². The summed E-state index contributed by atoms with van der Waals surface area (Å²) in [6.07, 6.45) is 0.665. The number of nitrogens with zero attached hydrogens (tertiary/aromatic N) is 1. The van der Waals surface area contributed by atoms with Gasteiger partial charge in [0.05, 0.1) is 24.9 Å². The van der Waals surface area contributed by atoms with Crippen molar-refractivity contribution in [1.29, 1.82) is 0 Å². The monoisotopic (exact) mass is 385 g/mol. The third-order valence-corrected chi connectivity index (χ3v) is 4.43. The lowest BCUT2D eigenvalue weighted by atomic mass is 10.2. The van der Waals surface area contributed by atoms with Crippen LogP contribution in [0.5, 0.6) is 11.5 Å². The average molecular weight is 386 g/mol. The van der Waals surface area contributed by atoms with E-state index in [1.54, 1.807) is 24.6 Å². The molecule has 1 aromatic heterocycles. The Hall–Kier alpha value is -1.64. The summed E-state index contributed by atoms with van der Waals surface area (Å²) in [4.78, 5) is 16.5. The van der Waals surface area contributed by atoms with E-state index >= 15 is 0 Å². The van der Waals surface area contributed by atoms with Crippen LogP contribution in [0.15, 0.2) is 22.0 Å². The highest BCUT2D eigenvalue weighted by Gasteiger charge is 2.15. The number of carbonyl (C=O) groups excluding carboxylic acids is 1. The van der Waals surface area contributed by atoms with Gasteiger partial charge in [0.15, 0.2) is 11.5 Å². The number of nitrogens with two attached hydrogens (primary N) is 1. The van der Waals surface area contributed by atoms with Gasteiger partial charge in [0.25, 0.3) is 5.91 Å². The highest BCUT2D eigenvalue weighted by atomic mass is 79.9. The van der Waals surface area contributed by atoms with Crippen LogP contribution in [0.2, 0.25) is 0 Å². The van der Waals surface area contributed by atoms with Crippen LogP contribution in [0.1, 0.15) is 15.5 Å². The topological polar surface area (TPSA) is 86.5 Å². The normalized spacial score (nSPS) is 10.4. The van der Waals surface area contributed by atoms with Crippen molar-refractivity contribution in [3.05, 3.63) is 32.7 Å². The van der Waals surface area contributed by atoms with Gasteiger partial charge < -0.3 is 20.5 Å². The number of halogens is 1. The molecule has 22 heavy (non-hydrogen) atoms. The minimum Gasteiger partial charge on any atom is -0.493 e. The Morgan fingerprint density at radius 2 is 2.05 bits per heavy atom. The number of nitrogens with one attached hydrogen (secondary N) is 1. The minimum atomic E-state index is -0.285. The summed E-state index contributed by atoms with van der Waals surface area (Å²) < 4.78 is 11.1. The maximum atomic E-state index is 12.2. The first kappa shape index (κ1) is 16.7. The minimum absolute atomic E-state index is 0.285. The van der Waals surface area contributed by atoms with E-state index < -0.39 is 0 Å². The molecule has 0 unspecified atom stereocenters. The molecule has 1 amide bonds. The largest absolute Gasteiger partial charge is 0.493 e. The van der Waals surface area contributed by atoms with Crippen molar-refractivity contribution in [2.45, 2.75) is 6.42 Å². The van der Waals surface area contributed by atoms with E-state index in [2.05, 4.69) is 26.2 Å². The zero-order chi connectivity index (χ0) is 16.1. The van der Waals surface area contributed by atoms with E-state index in [1.165, 1.54) is 18.4 Å². The van der Waals surface area contributed by atoms with Crippen LogP contribution in [-0.4, -0.2) is 31.7 Å². The predicted octanol–water partition coefficient (Wildman–Crippen LogP) is 2.68. The van der Waals surface area contributed by atoms with Crippen LogP contribution >= 0.6 is 27.3 Å². The number of rotatable bonds is 6. The average Bonchev–Trinajstić information content (AvgIpc) is 2.98. The number of thiazole rings is 1. The Morgan fingerprint density at radius 3 is 2.68 bits per heavy atom. The molecule has 0 bridgehead atoms. The van der Waals surface area contributed by atoms with Gasteiger partial charge in [-0.25, -0.2) is 4.98 Å². The summed E-state index contributed by atoms with van der Waals surface area (Å²) in [6, 6.07) is 3.42. The summed E-state index contributed by atoms with van der Waals surface area (Å²) in [7, 11) is 3.09. The van der Waals surface area contributed by atoms with Crippen molar-refractivity contribution in [3.63, 3.8) is 0 Å². The quantitative estimate of drug-likeness (QED) is 0.797. The van der Waals surface area contributed by atoms with Crippen LogP contribution in [-0.2, 0) is 6.42 Å². The van der Waals surface area contributed by atoms with E-state index in [1.807, 2.05) is 0 Å². The zero-order valence-electron chi connectivity index (χ0n) is 12.2. The third kappa shape index (κ3) is 3.76. The summed E-state index contributed by atoms with van der Waals surface area (Å²) >= 11 is 4.82. The number of carbonyl (C=O) groups is 1. The van der Waals surface area contributed by atoms with Crippen molar-refractivity contribution in [1.82, 2.24) is 4.98 Å². The standard InChI is InChI=1S/C14H16BrN3O3S/c1-20-11-5-8(15)9(6-12(11)21-2)18-14(19)10-7-22-13(17-10)3-4-16/h5-7H,3-4,16H2,1-2H3,(H,18,19). The number of amides is 1. The number of hydrogen-bond donors (Lipinski definition) is 2. The second kappa shape index (κ2) is 7.57. The van der Waals surface area contributed by atoms with E-state index in [-0.39, 0.29) is 5.91 Å². The van der Waals surface area contributed by atoms with Gasteiger partial charge in [0.2, 0.25) is 0 Å². The Kier molecular flexibility index (Phi) is 5.76. The molecule has 0 radical (unpaired) electrons. The molecule has 0 spiro atoms. The van der Waals surface area contributed by atoms with Gasteiger partial charge in [-0.2, -0.15) is 0 Å². The fourth-order valence-corrected chi connectivity index (χ4v) is 3.01. The molecule has 0 saturated heterocycles. The fraction of sp³-hybridized carbons (Fsp3) is 0.286. The Morgan fingerprint density at radius 1 is 1.36 bits per heavy atom. The highest BCUT2D eigenvalue weighted by Crippen LogP contribution is 2.36. The summed E-state index contributed by atoms with van der Waals surface area (Å²) in [5.74, 6) is 0.821.